The number of hydrogen-bond acceptors (Lipinski definition) is 3. The van der Waals surface area contributed by atoms with Crippen LogP contribution >= 0.6 is 11.9 Å². The fraction of sp³-hybridized carbons (Fsp3) is 0.105. The minimum atomic E-state index is -0.876. The first-order valence-electron chi connectivity index (χ1n) is 7.44. The van der Waals surface area contributed by atoms with E-state index in [1.165, 1.54) is 24.1 Å². The Bertz CT molecular complexity index is 846. The molecule has 3 rings (SSSR count). The van der Waals surface area contributed by atoms with Gasteiger partial charge in [-0.25, -0.2) is 8.78 Å². The molecule has 3 aromatic rings. The topological polar surface area (TPSA) is 24.9 Å². The fourth-order valence-corrected chi connectivity index (χ4v) is 2.95. The van der Waals surface area contributed by atoms with Gasteiger partial charge in [-0.3, -0.25) is 9.71 Å². The summed E-state index contributed by atoms with van der Waals surface area (Å²) in [4.78, 5) is 5.39. The van der Waals surface area contributed by atoms with Gasteiger partial charge in [0.05, 0.1) is 5.69 Å². The maximum atomic E-state index is 13.8. The first-order chi connectivity index (χ1) is 11.6. The van der Waals surface area contributed by atoms with Gasteiger partial charge in [0, 0.05) is 16.7 Å². The lowest BCUT2D eigenvalue weighted by molar-refractivity contribution is 0.509. The quantitative estimate of drug-likeness (QED) is 0.657. The minimum absolute atomic E-state index is 0.572. The van der Waals surface area contributed by atoms with Crippen LogP contribution in [0.4, 0.5) is 8.78 Å². The van der Waals surface area contributed by atoms with E-state index in [1.54, 1.807) is 6.20 Å². The molecule has 0 unspecified atom stereocenters. The molecule has 1 heterocycles. The van der Waals surface area contributed by atoms with Gasteiger partial charge in [0.15, 0.2) is 11.6 Å². The molecule has 0 saturated carbocycles. The van der Waals surface area contributed by atoms with Gasteiger partial charge in [-0.15, -0.1) is 0 Å². The van der Waals surface area contributed by atoms with Crippen LogP contribution in [0.25, 0.3) is 22.4 Å². The van der Waals surface area contributed by atoms with Gasteiger partial charge >= 0.3 is 0 Å². The van der Waals surface area contributed by atoms with Crippen molar-refractivity contribution in [3.8, 4) is 22.4 Å². The molecule has 0 fully saturated rings. The van der Waals surface area contributed by atoms with E-state index in [0.717, 1.165) is 16.0 Å². The molecule has 0 bridgehead atoms. The third-order valence-corrected chi connectivity index (χ3v) is 4.34. The molecule has 0 amide bonds. The van der Waals surface area contributed by atoms with Crippen LogP contribution in [0.3, 0.4) is 0 Å². The molecule has 122 valence electrons. The number of benzene rings is 2. The standard InChI is InChI=1S/C19H16F2N2S/c1-12-3-8-19(23-11-12)16-10-18(21)17(20)9-15(16)13-4-6-14(7-5-13)24-22-2/h3-11,22H,1-2H3. The van der Waals surface area contributed by atoms with Gasteiger partial charge < -0.3 is 0 Å². The number of nitrogens with one attached hydrogen (secondary N) is 1. The van der Waals surface area contributed by atoms with Crippen LogP contribution in [0, 0.1) is 18.6 Å². The molecule has 0 aliphatic heterocycles. The van der Waals surface area contributed by atoms with E-state index >= 15 is 0 Å². The summed E-state index contributed by atoms with van der Waals surface area (Å²) in [7, 11) is 1.84. The molecule has 2 nitrogen and oxygen atoms in total. The van der Waals surface area contributed by atoms with Gasteiger partial charge in [-0.05, 0) is 72.9 Å². The van der Waals surface area contributed by atoms with Crippen molar-refractivity contribution in [2.24, 2.45) is 0 Å². The van der Waals surface area contributed by atoms with Crippen LogP contribution in [0.1, 0.15) is 5.56 Å². The van der Waals surface area contributed by atoms with E-state index in [-0.39, 0.29) is 0 Å². The van der Waals surface area contributed by atoms with Crippen molar-refractivity contribution in [1.82, 2.24) is 9.71 Å². The Morgan fingerprint density at radius 2 is 1.58 bits per heavy atom. The monoisotopic (exact) mass is 342 g/mol. The van der Waals surface area contributed by atoms with Crippen molar-refractivity contribution in [2.45, 2.75) is 11.8 Å². The molecule has 0 saturated heterocycles. The number of aryl methyl sites for hydroxylation is 1. The Hall–Kier alpha value is -2.24. The van der Waals surface area contributed by atoms with Gasteiger partial charge in [-0.1, -0.05) is 18.2 Å². The Labute approximate surface area is 144 Å². The second-order valence-corrected chi connectivity index (χ2v) is 6.45. The first kappa shape index (κ1) is 16.6. The highest BCUT2D eigenvalue weighted by atomic mass is 32.2. The maximum Gasteiger partial charge on any atom is 0.159 e. The van der Waals surface area contributed by atoms with Crippen molar-refractivity contribution in [1.29, 1.82) is 0 Å². The zero-order chi connectivity index (χ0) is 17.1. The molecule has 0 aliphatic rings. The van der Waals surface area contributed by atoms with E-state index in [9.17, 15) is 8.78 Å². The van der Waals surface area contributed by atoms with Gasteiger partial charge in [0.25, 0.3) is 0 Å². The summed E-state index contributed by atoms with van der Waals surface area (Å²) < 4.78 is 30.6. The first-order valence-corrected chi connectivity index (χ1v) is 8.26. The van der Waals surface area contributed by atoms with E-state index < -0.39 is 11.6 Å². The number of hydrogen-bond donors (Lipinski definition) is 1. The summed E-state index contributed by atoms with van der Waals surface area (Å²) in [5, 5.41) is 0. The second kappa shape index (κ2) is 7.11. The minimum Gasteiger partial charge on any atom is -0.263 e. The molecular weight excluding hydrogens is 326 g/mol. The van der Waals surface area contributed by atoms with Crippen LogP contribution in [0.2, 0.25) is 0 Å². The van der Waals surface area contributed by atoms with E-state index in [4.69, 9.17) is 0 Å². The Kier molecular flexibility index (Phi) is 4.92. The highest BCUT2D eigenvalue weighted by molar-refractivity contribution is 7.97. The number of rotatable bonds is 4. The Morgan fingerprint density at radius 3 is 2.17 bits per heavy atom. The average molecular weight is 342 g/mol. The molecular formula is C19H16F2N2S. The molecule has 0 atom stereocenters. The number of nitrogens with zero attached hydrogens (tertiary/aromatic N) is 1. The van der Waals surface area contributed by atoms with Crippen LogP contribution < -0.4 is 4.72 Å². The maximum absolute atomic E-state index is 13.8. The SMILES string of the molecule is CNSc1ccc(-c2cc(F)c(F)cc2-c2ccc(C)cn2)cc1. The molecule has 24 heavy (non-hydrogen) atoms. The van der Waals surface area contributed by atoms with Crippen molar-refractivity contribution >= 4 is 11.9 Å². The van der Waals surface area contributed by atoms with E-state index in [2.05, 4.69) is 9.71 Å². The van der Waals surface area contributed by atoms with Crippen molar-refractivity contribution in [3.05, 3.63) is 71.9 Å². The molecule has 0 spiro atoms. The number of pyridine rings is 1. The highest BCUT2D eigenvalue weighted by Gasteiger charge is 2.14. The second-order valence-electron chi connectivity index (χ2n) is 5.36. The summed E-state index contributed by atoms with van der Waals surface area (Å²) in [6.07, 6.45) is 1.72. The summed E-state index contributed by atoms with van der Waals surface area (Å²) in [6.45, 7) is 1.93. The normalized spacial score (nSPS) is 10.8. The smallest absolute Gasteiger partial charge is 0.159 e. The average Bonchev–Trinajstić information content (AvgIpc) is 2.59. The lowest BCUT2D eigenvalue weighted by Crippen LogP contribution is -1.94. The lowest BCUT2D eigenvalue weighted by Gasteiger charge is -2.11. The summed E-state index contributed by atoms with van der Waals surface area (Å²) in [5.41, 5.74) is 3.63. The van der Waals surface area contributed by atoms with Crippen molar-refractivity contribution in [2.75, 3.05) is 7.05 Å². The molecule has 2 aromatic carbocycles. The van der Waals surface area contributed by atoms with Gasteiger partial charge in [-0.2, -0.15) is 0 Å². The van der Waals surface area contributed by atoms with Crippen LogP contribution in [0.15, 0.2) is 59.6 Å². The van der Waals surface area contributed by atoms with Crippen LogP contribution in [-0.4, -0.2) is 12.0 Å². The van der Waals surface area contributed by atoms with Crippen LogP contribution in [0.5, 0.6) is 0 Å². The van der Waals surface area contributed by atoms with Gasteiger partial charge in [0.2, 0.25) is 0 Å². The Balaban J connectivity index is 2.12. The van der Waals surface area contributed by atoms with E-state index in [0.29, 0.717) is 16.8 Å². The van der Waals surface area contributed by atoms with Crippen molar-refractivity contribution in [3.63, 3.8) is 0 Å². The van der Waals surface area contributed by atoms with Gasteiger partial charge in [0.1, 0.15) is 0 Å². The molecule has 0 radical (unpaired) electrons. The molecule has 5 heteroatoms. The van der Waals surface area contributed by atoms with Crippen molar-refractivity contribution < 1.29 is 8.78 Å². The zero-order valence-corrected chi connectivity index (χ0v) is 14.1. The summed E-state index contributed by atoms with van der Waals surface area (Å²) in [6, 6.07) is 13.8. The highest BCUT2D eigenvalue weighted by Crippen LogP contribution is 2.33. The lowest BCUT2D eigenvalue weighted by atomic mass is 9.96. The number of halogens is 2. The Morgan fingerprint density at radius 1 is 0.917 bits per heavy atom. The molecule has 1 N–H and O–H groups in total. The van der Waals surface area contributed by atoms with E-state index in [1.807, 2.05) is 50.4 Å². The molecule has 0 aliphatic carbocycles. The third-order valence-electron chi connectivity index (χ3n) is 3.63. The summed E-state index contributed by atoms with van der Waals surface area (Å²) >= 11 is 1.49. The third kappa shape index (κ3) is 3.47. The number of aromatic nitrogens is 1. The predicted octanol–water partition coefficient (Wildman–Crippen LogP) is 5.23. The van der Waals surface area contributed by atoms with Crippen LogP contribution in [-0.2, 0) is 0 Å². The summed E-state index contributed by atoms with van der Waals surface area (Å²) in [5.74, 6) is -1.74. The molecule has 1 aromatic heterocycles. The zero-order valence-electron chi connectivity index (χ0n) is 13.3. The fourth-order valence-electron chi connectivity index (χ4n) is 2.45. The predicted molar refractivity (Wildman–Crippen MR) is 94.7 cm³/mol. The largest absolute Gasteiger partial charge is 0.263 e.